The van der Waals surface area contributed by atoms with Crippen molar-refractivity contribution < 1.29 is 19.4 Å². The molecular weight excluding hydrogens is 532 g/mol. The lowest BCUT2D eigenvalue weighted by Gasteiger charge is -2.72. The third-order valence-corrected chi connectivity index (χ3v) is 15.7. The highest BCUT2D eigenvalue weighted by molar-refractivity contribution is 5.73. The Morgan fingerprint density at radius 3 is 2.26 bits per heavy atom. The quantitative estimate of drug-likeness (QED) is 0.236. The van der Waals surface area contributed by atoms with Crippen LogP contribution in [0.25, 0.3) is 0 Å². The van der Waals surface area contributed by atoms with Crippen LogP contribution < -0.4 is 0 Å². The maximum absolute atomic E-state index is 13.4. The molecule has 0 unspecified atom stereocenters. The van der Waals surface area contributed by atoms with E-state index in [1.54, 1.807) is 0 Å². The molecule has 43 heavy (non-hydrogen) atoms. The zero-order valence-corrected chi connectivity index (χ0v) is 28.2. The molecule has 4 heteroatoms. The Hall–Kier alpha value is -1.58. The highest BCUT2D eigenvalue weighted by Gasteiger charge is 2.70. The Morgan fingerprint density at radius 2 is 1.58 bits per heavy atom. The number of carboxylic acids is 1. The molecule has 0 heterocycles. The van der Waals surface area contributed by atoms with E-state index in [1.165, 1.54) is 44.1 Å². The first-order valence-corrected chi connectivity index (χ1v) is 17.8. The molecule has 0 bridgehead atoms. The number of carbonyl (C=O) groups is 2. The van der Waals surface area contributed by atoms with Gasteiger partial charge in [0.2, 0.25) is 0 Å². The molecule has 240 valence electrons. The van der Waals surface area contributed by atoms with Crippen LogP contribution in [-0.2, 0) is 14.3 Å². The SMILES string of the molecule is C=C(C)[C@@H]1CC[C@]2(COC(=O)CC3(CC(=O)O)CCCC3)CC[C@]3(C)[C@H](CC[C@@H]4[C@@]5(C)CC=CC(C)(C)[C@@H]5CC[C@]43C)[C@@H]12. The number of hydrogen-bond acceptors (Lipinski definition) is 3. The van der Waals surface area contributed by atoms with Crippen LogP contribution in [0, 0.1) is 62.1 Å². The van der Waals surface area contributed by atoms with E-state index in [4.69, 9.17) is 4.74 Å². The van der Waals surface area contributed by atoms with Crippen LogP contribution in [0.15, 0.2) is 24.3 Å². The van der Waals surface area contributed by atoms with Crippen molar-refractivity contribution in [1.29, 1.82) is 0 Å². The highest BCUT2D eigenvalue weighted by Crippen LogP contribution is 2.77. The normalized spacial score (nSPS) is 45.8. The van der Waals surface area contributed by atoms with Crippen LogP contribution in [0.2, 0.25) is 0 Å². The fraction of sp³-hybridized carbons (Fsp3) is 0.846. The lowest BCUT2D eigenvalue weighted by molar-refractivity contribution is -0.230. The molecule has 0 aromatic heterocycles. The first-order valence-electron chi connectivity index (χ1n) is 17.8. The Balaban J connectivity index is 1.26. The average Bonchev–Trinajstić information content (AvgIpc) is 3.52. The van der Waals surface area contributed by atoms with Gasteiger partial charge in [0, 0.05) is 5.41 Å². The number of esters is 1. The summed E-state index contributed by atoms with van der Waals surface area (Å²) in [5, 5.41) is 9.57. The number of carbonyl (C=O) groups excluding carboxylic acids is 1. The fourth-order valence-corrected chi connectivity index (χ4v) is 13.6. The molecule has 6 aliphatic rings. The molecule has 5 fully saturated rings. The summed E-state index contributed by atoms with van der Waals surface area (Å²) in [4.78, 5) is 25.0. The van der Waals surface area contributed by atoms with Gasteiger partial charge in [0.15, 0.2) is 0 Å². The van der Waals surface area contributed by atoms with Crippen molar-refractivity contribution in [3.63, 3.8) is 0 Å². The van der Waals surface area contributed by atoms with Crippen molar-refractivity contribution >= 4 is 11.9 Å². The lowest BCUT2D eigenvalue weighted by Crippen LogP contribution is -2.65. The first-order chi connectivity index (χ1) is 20.1. The first kappa shape index (κ1) is 31.4. The number of carboxylic acid groups (broad SMARTS) is 1. The fourth-order valence-electron chi connectivity index (χ4n) is 13.6. The summed E-state index contributed by atoms with van der Waals surface area (Å²) in [6.07, 6.45) is 20.2. The van der Waals surface area contributed by atoms with Crippen molar-refractivity contribution in [2.75, 3.05) is 6.61 Å². The van der Waals surface area contributed by atoms with Crippen molar-refractivity contribution in [3.05, 3.63) is 24.3 Å². The van der Waals surface area contributed by atoms with Gasteiger partial charge in [-0.3, -0.25) is 9.59 Å². The van der Waals surface area contributed by atoms with E-state index in [0.717, 1.165) is 56.8 Å². The number of ether oxygens (including phenoxy) is 1. The van der Waals surface area contributed by atoms with Crippen LogP contribution in [-0.4, -0.2) is 23.7 Å². The summed E-state index contributed by atoms with van der Waals surface area (Å²) in [5.41, 5.74) is 2.16. The second-order valence-corrected chi connectivity index (χ2v) is 18.1. The summed E-state index contributed by atoms with van der Waals surface area (Å²) in [6.45, 7) is 20.2. The molecule has 0 amide bonds. The Labute approximate surface area is 261 Å². The van der Waals surface area contributed by atoms with Crippen LogP contribution >= 0.6 is 0 Å². The largest absolute Gasteiger partial charge is 0.481 e. The minimum absolute atomic E-state index is 0.0267. The maximum Gasteiger partial charge on any atom is 0.306 e. The molecule has 6 aliphatic carbocycles. The van der Waals surface area contributed by atoms with Crippen LogP contribution in [0.1, 0.15) is 138 Å². The second kappa shape index (κ2) is 10.5. The third-order valence-electron chi connectivity index (χ3n) is 15.7. The smallest absolute Gasteiger partial charge is 0.306 e. The van der Waals surface area contributed by atoms with Gasteiger partial charge in [-0.05, 0) is 134 Å². The molecule has 6 rings (SSSR count). The van der Waals surface area contributed by atoms with Crippen molar-refractivity contribution in [3.8, 4) is 0 Å². The molecule has 0 spiro atoms. The lowest BCUT2D eigenvalue weighted by atomic mass is 9.33. The van der Waals surface area contributed by atoms with Crippen LogP contribution in [0.3, 0.4) is 0 Å². The second-order valence-electron chi connectivity index (χ2n) is 18.1. The summed E-state index contributed by atoms with van der Waals surface area (Å²) in [6, 6.07) is 0. The van der Waals surface area contributed by atoms with Gasteiger partial charge in [-0.25, -0.2) is 0 Å². The molecule has 0 aliphatic heterocycles. The molecule has 0 saturated heterocycles. The zero-order chi connectivity index (χ0) is 31.1. The van der Waals surface area contributed by atoms with E-state index in [9.17, 15) is 14.7 Å². The highest BCUT2D eigenvalue weighted by atomic mass is 16.5. The standard InChI is InChI=1S/C39H60O4/c1-26(2)27-13-20-39(25-43-32(42)24-38(23-31(40)41)17-8-9-18-38)22-21-36(6)28(33(27)39)11-12-30-35(5)16-10-15-34(3,4)29(35)14-19-37(30,36)7/h10,15,27-30,33H,1,8-9,11-14,16-25H2,2-7H3,(H,40,41)/t27-,28+,29-,30+,33+,35-,36+,37+,39+/m0/s1. The molecular formula is C39H60O4. The van der Waals surface area contributed by atoms with Crippen LogP contribution in [0.5, 0.6) is 0 Å². The molecule has 9 atom stereocenters. The summed E-state index contributed by atoms with van der Waals surface area (Å²) >= 11 is 0. The van der Waals surface area contributed by atoms with Crippen molar-refractivity contribution in [2.45, 2.75) is 138 Å². The summed E-state index contributed by atoms with van der Waals surface area (Å²) < 4.78 is 6.27. The average molecular weight is 593 g/mol. The molecule has 4 nitrogen and oxygen atoms in total. The molecule has 0 radical (unpaired) electrons. The minimum atomic E-state index is -0.792. The number of rotatable bonds is 7. The van der Waals surface area contributed by atoms with E-state index in [2.05, 4.69) is 60.3 Å². The molecule has 0 aromatic rings. The van der Waals surface area contributed by atoms with E-state index in [1.807, 2.05) is 0 Å². The number of hydrogen-bond donors (Lipinski definition) is 1. The maximum atomic E-state index is 13.4. The van der Waals surface area contributed by atoms with Crippen molar-refractivity contribution in [1.82, 2.24) is 0 Å². The van der Waals surface area contributed by atoms with E-state index in [-0.39, 0.29) is 35.1 Å². The summed E-state index contributed by atoms with van der Waals surface area (Å²) in [5.74, 6) is 2.19. The van der Waals surface area contributed by atoms with E-state index >= 15 is 0 Å². The predicted molar refractivity (Wildman–Crippen MR) is 172 cm³/mol. The Bertz CT molecular complexity index is 1180. The van der Waals surface area contributed by atoms with Gasteiger partial charge in [0.25, 0.3) is 0 Å². The molecule has 1 N–H and O–H groups in total. The van der Waals surface area contributed by atoms with Crippen LogP contribution in [0.4, 0.5) is 0 Å². The number of fused-ring (bicyclic) bond motifs is 7. The monoisotopic (exact) mass is 592 g/mol. The zero-order valence-electron chi connectivity index (χ0n) is 28.2. The van der Waals surface area contributed by atoms with Crippen molar-refractivity contribution in [2.24, 2.45) is 62.1 Å². The Kier molecular flexibility index (Phi) is 7.65. The third kappa shape index (κ3) is 4.72. The topological polar surface area (TPSA) is 63.6 Å². The number of allylic oxidation sites excluding steroid dienone is 3. The van der Waals surface area contributed by atoms with Gasteiger partial charge < -0.3 is 9.84 Å². The Morgan fingerprint density at radius 1 is 0.860 bits per heavy atom. The number of aliphatic carboxylic acids is 1. The van der Waals surface area contributed by atoms with Gasteiger partial charge in [-0.1, -0.05) is 71.8 Å². The van der Waals surface area contributed by atoms with Gasteiger partial charge >= 0.3 is 11.9 Å². The predicted octanol–water partition coefficient (Wildman–Crippen LogP) is 9.78. The minimum Gasteiger partial charge on any atom is -0.481 e. The molecule has 5 saturated carbocycles. The van der Waals surface area contributed by atoms with Gasteiger partial charge in [0.1, 0.15) is 0 Å². The van der Waals surface area contributed by atoms with E-state index < -0.39 is 11.4 Å². The molecule has 0 aromatic carbocycles. The summed E-state index contributed by atoms with van der Waals surface area (Å²) in [7, 11) is 0. The van der Waals surface area contributed by atoms with E-state index in [0.29, 0.717) is 35.2 Å². The van der Waals surface area contributed by atoms with Gasteiger partial charge in [-0.15, -0.1) is 0 Å². The van der Waals surface area contributed by atoms with Gasteiger partial charge in [-0.2, -0.15) is 0 Å². The van der Waals surface area contributed by atoms with Gasteiger partial charge in [0.05, 0.1) is 19.4 Å².